The van der Waals surface area contributed by atoms with Crippen molar-refractivity contribution in [1.29, 1.82) is 5.41 Å². The second kappa shape index (κ2) is 5.64. The van der Waals surface area contributed by atoms with Gasteiger partial charge >= 0.3 is 0 Å². The summed E-state index contributed by atoms with van der Waals surface area (Å²) < 4.78 is 44.8. The van der Waals surface area contributed by atoms with E-state index in [1.165, 1.54) is 24.3 Å². The zero-order valence-corrected chi connectivity index (χ0v) is 10.3. The number of ether oxygens (including phenoxy) is 1. The zero-order chi connectivity index (χ0) is 14.7. The fourth-order valence-corrected chi connectivity index (χ4v) is 1.65. The Balaban J connectivity index is 2.19. The van der Waals surface area contributed by atoms with Gasteiger partial charge in [-0.25, -0.2) is 8.78 Å². The van der Waals surface area contributed by atoms with Crippen LogP contribution in [-0.2, 0) is 6.61 Å². The minimum absolute atomic E-state index is 0.168. The molecule has 2 aromatic carbocycles. The maximum absolute atomic E-state index is 13.4. The molecule has 0 radical (unpaired) electrons. The molecule has 0 unspecified atom stereocenters. The summed E-state index contributed by atoms with van der Waals surface area (Å²) in [5.74, 6) is -3.26. The van der Waals surface area contributed by atoms with Gasteiger partial charge in [-0.1, -0.05) is 6.07 Å². The van der Waals surface area contributed by atoms with Crippen molar-refractivity contribution in [3.8, 4) is 5.75 Å². The maximum atomic E-state index is 13.4. The van der Waals surface area contributed by atoms with Crippen molar-refractivity contribution < 1.29 is 17.9 Å². The van der Waals surface area contributed by atoms with Crippen LogP contribution in [0.3, 0.4) is 0 Å². The van der Waals surface area contributed by atoms with Crippen molar-refractivity contribution in [2.75, 3.05) is 0 Å². The quantitative estimate of drug-likeness (QED) is 0.668. The molecular formula is C14H11F3N2O. The van der Waals surface area contributed by atoms with Crippen molar-refractivity contribution in [3.63, 3.8) is 0 Å². The lowest BCUT2D eigenvalue weighted by Gasteiger charge is -2.09. The van der Waals surface area contributed by atoms with E-state index < -0.39 is 17.5 Å². The first-order valence-electron chi connectivity index (χ1n) is 5.68. The van der Waals surface area contributed by atoms with Crippen molar-refractivity contribution in [3.05, 3.63) is 65.0 Å². The Kier molecular flexibility index (Phi) is 3.93. The molecule has 3 nitrogen and oxygen atoms in total. The highest BCUT2D eigenvalue weighted by Gasteiger charge is 2.10. The third-order valence-corrected chi connectivity index (χ3v) is 2.58. The molecule has 0 saturated carbocycles. The van der Waals surface area contributed by atoms with Gasteiger partial charge in [0.05, 0.1) is 0 Å². The van der Waals surface area contributed by atoms with E-state index in [0.29, 0.717) is 5.56 Å². The van der Waals surface area contributed by atoms with E-state index in [9.17, 15) is 13.2 Å². The van der Waals surface area contributed by atoms with Crippen molar-refractivity contribution in [2.45, 2.75) is 6.61 Å². The summed E-state index contributed by atoms with van der Waals surface area (Å²) in [5, 5.41) is 7.25. The second-order valence-electron chi connectivity index (χ2n) is 4.10. The third kappa shape index (κ3) is 3.09. The average molecular weight is 280 g/mol. The first kappa shape index (κ1) is 13.9. The monoisotopic (exact) mass is 280 g/mol. The first-order chi connectivity index (χ1) is 9.47. The van der Waals surface area contributed by atoms with Gasteiger partial charge < -0.3 is 10.5 Å². The SMILES string of the molecule is N=C(N)c1cc(F)cc(COc2cccc(F)c2F)c1. The molecule has 0 aliphatic carbocycles. The number of halogens is 3. The fourth-order valence-electron chi connectivity index (χ4n) is 1.65. The molecule has 0 aliphatic rings. The van der Waals surface area contributed by atoms with E-state index in [4.69, 9.17) is 15.9 Å². The number of nitrogens with one attached hydrogen (secondary N) is 1. The molecule has 3 N–H and O–H groups in total. The molecule has 2 rings (SSSR count). The Morgan fingerprint density at radius 1 is 1.15 bits per heavy atom. The van der Waals surface area contributed by atoms with Crippen LogP contribution in [0, 0.1) is 22.9 Å². The van der Waals surface area contributed by atoms with E-state index in [2.05, 4.69) is 0 Å². The van der Waals surface area contributed by atoms with Crippen LogP contribution >= 0.6 is 0 Å². The van der Waals surface area contributed by atoms with Crippen LogP contribution in [0.4, 0.5) is 13.2 Å². The summed E-state index contributed by atoms with van der Waals surface area (Å²) in [4.78, 5) is 0. The van der Waals surface area contributed by atoms with Gasteiger partial charge in [-0.2, -0.15) is 4.39 Å². The molecule has 0 aromatic heterocycles. The van der Waals surface area contributed by atoms with Crippen molar-refractivity contribution in [1.82, 2.24) is 0 Å². The van der Waals surface area contributed by atoms with Gasteiger partial charge in [-0.3, -0.25) is 5.41 Å². The Hall–Kier alpha value is -2.50. The van der Waals surface area contributed by atoms with Crippen LogP contribution in [-0.4, -0.2) is 5.84 Å². The van der Waals surface area contributed by atoms with E-state index in [1.807, 2.05) is 0 Å². The molecule has 2 aromatic rings. The predicted octanol–water partition coefficient (Wildman–Crippen LogP) is 2.97. The minimum Gasteiger partial charge on any atom is -0.486 e. The molecule has 6 heteroatoms. The molecule has 0 aliphatic heterocycles. The lowest BCUT2D eigenvalue weighted by molar-refractivity contribution is 0.284. The number of amidine groups is 1. The molecule has 0 amide bonds. The number of hydrogen-bond donors (Lipinski definition) is 2. The Labute approximate surface area is 113 Å². The first-order valence-corrected chi connectivity index (χ1v) is 5.68. The Morgan fingerprint density at radius 2 is 1.90 bits per heavy atom. The normalized spacial score (nSPS) is 10.3. The number of rotatable bonds is 4. The summed E-state index contributed by atoms with van der Waals surface area (Å²) in [7, 11) is 0. The number of hydrogen-bond acceptors (Lipinski definition) is 2. The molecule has 0 heterocycles. The van der Waals surface area contributed by atoms with Gasteiger partial charge in [-0.05, 0) is 35.9 Å². The summed E-state index contributed by atoms with van der Waals surface area (Å²) in [6, 6.07) is 7.27. The lowest BCUT2D eigenvalue weighted by Crippen LogP contribution is -2.12. The highest BCUT2D eigenvalue weighted by Crippen LogP contribution is 2.20. The van der Waals surface area contributed by atoms with Gasteiger partial charge in [0, 0.05) is 5.56 Å². The van der Waals surface area contributed by atoms with E-state index >= 15 is 0 Å². The van der Waals surface area contributed by atoms with Crippen LogP contribution in [0.2, 0.25) is 0 Å². The molecule has 0 atom stereocenters. The highest BCUT2D eigenvalue weighted by atomic mass is 19.2. The summed E-state index contributed by atoms with van der Waals surface area (Å²) in [6.07, 6.45) is 0. The highest BCUT2D eigenvalue weighted by molar-refractivity contribution is 5.95. The van der Waals surface area contributed by atoms with Crippen LogP contribution in [0.1, 0.15) is 11.1 Å². The standard InChI is InChI=1S/C14H11F3N2O/c15-10-5-8(4-9(6-10)14(18)19)7-20-12-3-1-2-11(16)13(12)17/h1-6H,7H2,(H3,18,19). The zero-order valence-electron chi connectivity index (χ0n) is 10.3. The van der Waals surface area contributed by atoms with Gasteiger partial charge in [0.2, 0.25) is 5.82 Å². The van der Waals surface area contributed by atoms with Crippen molar-refractivity contribution >= 4 is 5.84 Å². The Bertz CT molecular complexity index is 659. The minimum atomic E-state index is -1.10. The topological polar surface area (TPSA) is 59.1 Å². The molecule has 0 spiro atoms. The average Bonchev–Trinajstić information content (AvgIpc) is 2.40. The van der Waals surface area contributed by atoms with Crippen molar-refractivity contribution in [2.24, 2.45) is 5.73 Å². The van der Waals surface area contributed by atoms with Gasteiger partial charge in [0.25, 0.3) is 0 Å². The van der Waals surface area contributed by atoms with Crippen LogP contribution in [0.15, 0.2) is 36.4 Å². The van der Waals surface area contributed by atoms with Crippen LogP contribution < -0.4 is 10.5 Å². The number of nitrogen functional groups attached to an aromatic ring is 1. The van der Waals surface area contributed by atoms with Crippen LogP contribution in [0.5, 0.6) is 5.75 Å². The Morgan fingerprint density at radius 3 is 2.60 bits per heavy atom. The van der Waals surface area contributed by atoms with Crippen LogP contribution in [0.25, 0.3) is 0 Å². The molecule has 0 saturated heterocycles. The summed E-state index contributed by atoms with van der Waals surface area (Å²) >= 11 is 0. The molecule has 0 bridgehead atoms. The fraction of sp³-hybridized carbons (Fsp3) is 0.0714. The van der Waals surface area contributed by atoms with Gasteiger partial charge in [0.1, 0.15) is 18.3 Å². The van der Waals surface area contributed by atoms with E-state index in [1.54, 1.807) is 0 Å². The number of nitrogens with two attached hydrogens (primary N) is 1. The summed E-state index contributed by atoms with van der Waals surface area (Å²) in [5.41, 5.74) is 5.83. The second-order valence-corrected chi connectivity index (χ2v) is 4.10. The molecular weight excluding hydrogens is 269 g/mol. The maximum Gasteiger partial charge on any atom is 0.200 e. The smallest absolute Gasteiger partial charge is 0.200 e. The number of benzene rings is 2. The molecule has 104 valence electrons. The molecule has 20 heavy (non-hydrogen) atoms. The lowest BCUT2D eigenvalue weighted by atomic mass is 10.1. The third-order valence-electron chi connectivity index (χ3n) is 2.58. The summed E-state index contributed by atoms with van der Waals surface area (Å²) in [6.45, 7) is -0.168. The van der Waals surface area contributed by atoms with Gasteiger partial charge in [0.15, 0.2) is 11.6 Å². The molecule has 0 fully saturated rings. The van der Waals surface area contributed by atoms with E-state index in [0.717, 1.165) is 12.1 Å². The van der Waals surface area contributed by atoms with Gasteiger partial charge in [-0.15, -0.1) is 0 Å². The van der Waals surface area contributed by atoms with E-state index in [-0.39, 0.29) is 23.8 Å². The predicted molar refractivity (Wildman–Crippen MR) is 68.1 cm³/mol. The largest absolute Gasteiger partial charge is 0.486 e.